The maximum Gasteiger partial charge on any atom is 0.313 e. The molecule has 0 aromatic heterocycles. The van der Waals surface area contributed by atoms with Crippen molar-refractivity contribution in [2.75, 3.05) is 34.8 Å². The first-order valence-corrected chi connectivity index (χ1v) is 9.12. The second kappa shape index (κ2) is 8.73. The van der Waals surface area contributed by atoms with E-state index in [0.29, 0.717) is 11.4 Å². The maximum atomic E-state index is 11.4. The number of nitrogens with one attached hydrogen (secondary N) is 1. The number of carboxylic acids is 1. The summed E-state index contributed by atoms with van der Waals surface area (Å²) in [6, 6.07) is 3.98. The molecule has 6 nitrogen and oxygen atoms in total. The van der Waals surface area contributed by atoms with E-state index in [1.165, 1.54) is 24.2 Å². The van der Waals surface area contributed by atoms with Crippen molar-refractivity contribution in [3.8, 4) is 0 Å². The zero-order chi connectivity index (χ0) is 17.5. The van der Waals surface area contributed by atoms with Crippen LogP contribution in [-0.2, 0) is 16.0 Å². The molecule has 0 saturated heterocycles. The predicted octanol–water partition coefficient (Wildman–Crippen LogP) is 2.94. The summed E-state index contributed by atoms with van der Waals surface area (Å²) < 4.78 is 0. The number of aliphatic carboxylic acids is 1. The Bertz CT molecular complexity index is 634. The number of carboxylic acid groups (broad SMARTS) is 1. The third-order valence-corrected chi connectivity index (χ3v) is 4.86. The number of rotatable bonds is 8. The zero-order valence-electron chi connectivity index (χ0n) is 13.9. The number of anilines is 2. The molecule has 1 heterocycles. The first kappa shape index (κ1) is 18.3. The molecule has 1 amide bonds. The van der Waals surface area contributed by atoms with E-state index in [1.807, 2.05) is 12.1 Å². The lowest BCUT2D eigenvalue weighted by Crippen LogP contribution is -2.30. The van der Waals surface area contributed by atoms with Crippen LogP contribution in [0.15, 0.2) is 17.1 Å². The topological polar surface area (TPSA) is 82.0 Å². The Labute approximate surface area is 146 Å². The summed E-state index contributed by atoms with van der Waals surface area (Å²) in [6.07, 6.45) is 2.99. The van der Waals surface area contributed by atoms with Gasteiger partial charge in [0.1, 0.15) is 0 Å². The van der Waals surface area contributed by atoms with E-state index in [2.05, 4.69) is 21.9 Å². The number of hydrogen-bond donors (Lipinski definition) is 2. The average molecular weight is 349 g/mol. The van der Waals surface area contributed by atoms with Crippen LogP contribution in [0.5, 0.6) is 0 Å². The fourth-order valence-electron chi connectivity index (χ4n) is 2.87. The number of aryl methyl sites for hydroxylation is 1. The van der Waals surface area contributed by atoms with Crippen molar-refractivity contribution in [3.63, 3.8) is 0 Å². The van der Waals surface area contributed by atoms with Crippen molar-refractivity contribution in [3.05, 3.63) is 17.7 Å². The highest BCUT2D eigenvalue weighted by Crippen LogP contribution is 2.36. The molecular formula is C17H23N3O3S. The summed E-state index contributed by atoms with van der Waals surface area (Å²) in [5, 5.41) is 11.5. The van der Waals surface area contributed by atoms with E-state index < -0.39 is 5.97 Å². The van der Waals surface area contributed by atoms with E-state index in [9.17, 15) is 9.59 Å². The van der Waals surface area contributed by atoms with Crippen molar-refractivity contribution in [1.82, 2.24) is 0 Å². The molecule has 130 valence electrons. The molecule has 1 aromatic carbocycles. The van der Waals surface area contributed by atoms with Crippen molar-refractivity contribution in [1.29, 1.82) is 0 Å². The molecule has 1 aliphatic heterocycles. The molecule has 0 unspecified atom stereocenters. The highest BCUT2D eigenvalue weighted by molar-refractivity contribution is 7.99. The van der Waals surface area contributed by atoms with E-state index in [4.69, 9.17) is 5.11 Å². The van der Waals surface area contributed by atoms with Gasteiger partial charge in [0.2, 0.25) is 5.91 Å². The predicted molar refractivity (Wildman–Crippen MR) is 100 cm³/mol. The van der Waals surface area contributed by atoms with Crippen molar-refractivity contribution < 1.29 is 14.7 Å². The minimum atomic E-state index is -0.771. The number of benzene rings is 1. The normalized spacial score (nSPS) is 13.3. The van der Waals surface area contributed by atoms with Gasteiger partial charge < -0.3 is 15.3 Å². The number of thioether (sulfide) groups is 1. The Kier molecular flexibility index (Phi) is 6.66. The van der Waals surface area contributed by atoms with Gasteiger partial charge in [0.15, 0.2) is 0 Å². The molecule has 24 heavy (non-hydrogen) atoms. The first-order valence-electron chi connectivity index (χ1n) is 7.97. The Morgan fingerprint density at radius 1 is 1.46 bits per heavy atom. The fourth-order valence-corrected chi connectivity index (χ4v) is 3.52. The number of hydrogen-bond acceptors (Lipinski definition) is 5. The van der Waals surface area contributed by atoms with Crippen LogP contribution in [0.25, 0.3) is 0 Å². The largest absolute Gasteiger partial charge is 0.481 e. The molecule has 0 radical (unpaired) electrons. The van der Waals surface area contributed by atoms with Gasteiger partial charge in [0.25, 0.3) is 0 Å². The number of fused-ring (bicyclic) bond motifs is 1. The molecule has 0 aliphatic carbocycles. The molecular weight excluding hydrogens is 326 g/mol. The second-order valence-electron chi connectivity index (χ2n) is 5.73. The zero-order valence-corrected chi connectivity index (χ0v) is 14.7. The molecule has 0 saturated carbocycles. The van der Waals surface area contributed by atoms with Crippen molar-refractivity contribution in [2.24, 2.45) is 4.99 Å². The van der Waals surface area contributed by atoms with Gasteiger partial charge in [-0.25, -0.2) is 0 Å². The summed E-state index contributed by atoms with van der Waals surface area (Å²) in [4.78, 5) is 28.2. The lowest BCUT2D eigenvalue weighted by atomic mass is 9.99. The van der Waals surface area contributed by atoms with Gasteiger partial charge in [-0.05, 0) is 49.4 Å². The van der Waals surface area contributed by atoms with E-state index in [0.717, 1.165) is 43.8 Å². The second-order valence-corrected chi connectivity index (χ2v) is 6.83. The fraction of sp³-hybridized carbons (Fsp3) is 0.471. The quantitative estimate of drug-likeness (QED) is 0.557. The van der Waals surface area contributed by atoms with Gasteiger partial charge in [-0.3, -0.25) is 14.6 Å². The molecule has 0 bridgehead atoms. The molecule has 0 fully saturated rings. The molecule has 1 aromatic rings. The van der Waals surface area contributed by atoms with Gasteiger partial charge >= 0.3 is 5.97 Å². The van der Waals surface area contributed by atoms with E-state index >= 15 is 0 Å². The lowest BCUT2D eigenvalue weighted by molar-refractivity contribution is -0.133. The highest BCUT2D eigenvalue weighted by Gasteiger charge is 2.19. The van der Waals surface area contributed by atoms with Gasteiger partial charge in [-0.15, -0.1) is 0 Å². The monoisotopic (exact) mass is 349 g/mol. The number of nitrogens with zero attached hydrogens (tertiary/aromatic N) is 2. The molecule has 7 heteroatoms. The lowest BCUT2D eigenvalue weighted by Gasteiger charge is -2.32. The number of carbonyl (C=O) groups is 2. The Morgan fingerprint density at radius 2 is 2.25 bits per heavy atom. The molecule has 0 atom stereocenters. The Balaban J connectivity index is 2.08. The van der Waals surface area contributed by atoms with E-state index in [-0.39, 0.29) is 11.7 Å². The molecule has 0 spiro atoms. The number of amides is 1. The SMILES string of the molecule is C=Nc1cc2c(cc1NC(C)=O)N(CCCSCC(=O)O)CCC2. The average Bonchev–Trinajstić information content (AvgIpc) is 2.53. The third-order valence-electron chi connectivity index (χ3n) is 3.84. The van der Waals surface area contributed by atoms with Crippen molar-refractivity contribution in [2.45, 2.75) is 26.2 Å². The molecule has 2 rings (SSSR count). The van der Waals surface area contributed by atoms with Crippen LogP contribution in [0.4, 0.5) is 17.1 Å². The number of aliphatic imine (C=N–C) groups is 1. The summed E-state index contributed by atoms with van der Waals surface area (Å²) in [5.74, 6) is 0.0701. The van der Waals surface area contributed by atoms with Gasteiger partial charge in [0.05, 0.1) is 17.1 Å². The summed E-state index contributed by atoms with van der Waals surface area (Å²) in [6.45, 7) is 6.91. The molecule has 1 aliphatic rings. The van der Waals surface area contributed by atoms with Crippen LogP contribution in [0.2, 0.25) is 0 Å². The van der Waals surface area contributed by atoms with Crippen LogP contribution >= 0.6 is 11.8 Å². The molecule has 2 N–H and O–H groups in total. The highest BCUT2D eigenvalue weighted by atomic mass is 32.2. The minimum Gasteiger partial charge on any atom is -0.481 e. The summed E-state index contributed by atoms with van der Waals surface area (Å²) in [5.41, 5.74) is 3.72. The summed E-state index contributed by atoms with van der Waals surface area (Å²) in [7, 11) is 0. The third kappa shape index (κ3) is 4.99. The van der Waals surface area contributed by atoms with Crippen LogP contribution in [-0.4, -0.2) is 48.3 Å². The smallest absolute Gasteiger partial charge is 0.313 e. The summed E-state index contributed by atoms with van der Waals surface area (Å²) >= 11 is 1.44. The van der Waals surface area contributed by atoms with Crippen LogP contribution in [0.3, 0.4) is 0 Å². The minimum absolute atomic E-state index is 0.132. The van der Waals surface area contributed by atoms with E-state index in [1.54, 1.807) is 0 Å². The van der Waals surface area contributed by atoms with Crippen LogP contribution in [0.1, 0.15) is 25.3 Å². The van der Waals surface area contributed by atoms with Crippen LogP contribution < -0.4 is 10.2 Å². The first-order chi connectivity index (χ1) is 11.5. The van der Waals surface area contributed by atoms with Crippen molar-refractivity contribution >= 4 is 47.4 Å². The van der Waals surface area contributed by atoms with Gasteiger partial charge in [-0.1, -0.05) is 0 Å². The van der Waals surface area contributed by atoms with Gasteiger partial charge in [0, 0.05) is 25.7 Å². The van der Waals surface area contributed by atoms with Crippen LogP contribution in [0, 0.1) is 0 Å². The Morgan fingerprint density at radius 3 is 2.92 bits per heavy atom. The van der Waals surface area contributed by atoms with Gasteiger partial charge in [-0.2, -0.15) is 11.8 Å². The number of carbonyl (C=O) groups excluding carboxylic acids is 1. The maximum absolute atomic E-state index is 11.4. The standard InChI is InChI=1S/C17H23N3O3S/c1-12(21)19-15-10-16-13(9-14(15)18-2)5-3-6-20(16)7-4-8-24-11-17(22)23/h9-10H,2-8,11H2,1H3,(H,19,21)(H,22,23). The Hall–Kier alpha value is -2.02.